The maximum Gasteiger partial charge on any atom is 0.266 e. The molecule has 0 unspecified atom stereocenters. The topological polar surface area (TPSA) is 41.4 Å². The monoisotopic (exact) mass is 276 g/mol. The van der Waals surface area contributed by atoms with Gasteiger partial charge in [-0.1, -0.05) is 0 Å². The van der Waals surface area contributed by atoms with Crippen molar-refractivity contribution in [2.24, 2.45) is 5.92 Å². The van der Waals surface area contributed by atoms with Crippen LogP contribution in [0, 0.1) is 12.8 Å². The first-order chi connectivity index (χ1) is 9.70. The van der Waals surface area contributed by atoms with Crippen molar-refractivity contribution < 1.29 is 0 Å². The van der Waals surface area contributed by atoms with Crippen molar-refractivity contribution in [3.63, 3.8) is 0 Å². The summed E-state index contributed by atoms with van der Waals surface area (Å²) in [6.45, 7) is 9.84. The predicted octanol–water partition coefficient (Wildman–Crippen LogP) is 0.579. The van der Waals surface area contributed by atoms with Crippen LogP contribution in [0.3, 0.4) is 0 Å². The summed E-state index contributed by atoms with van der Waals surface area (Å²) in [4.78, 5) is 16.8. The van der Waals surface area contributed by atoms with Crippen LogP contribution >= 0.6 is 0 Å². The minimum absolute atomic E-state index is 0.0196. The fourth-order valence-corrected chi connectivity index (χ4v) is 3.19. The van der Waals surface area contributed by atoms with Gasteiger partial charge in [0.05, 0.1) is 12.2 Å². The van der Waals surface area contributed by atoms with Crippen LogP contribution in [-0.2, 0) is 6.54 Å². The third kappa shape index (κ3) is 3.27. The molecule has 0 bridgehead atoms. The van der Waals surface area contributed by atoms with Gasteiger partial charge in [0.2, 0.25) is 0 Å². The van der Waals surface area contributed by atoms with Crippen LogP contribution in [-0.4, -0.2) is 58.8 Å². The normalized spacial score (nSPS) is 21.2. The van der Waals surface area contributed by atoms with Crippen molar-refractivity contribution in [1.29, 1.82) is 0 Å². The van der Waals surface area contributed by atoms with Gasteiger partial charge in [0.15, 0.2) is 0 Å². The molecule has 3 heterocycles. The van der Waals surface area contributed by atoms with Crippen LogP contribution in [0.15, 0.2) is 16.9 Å². The summed E-state index contributed by atoms with van der Waals surface area (Å²) in [5.74, 6) is 0.584. The highest BCUT2D eigenvalue weighted by atomic mass is 16.1. The Morgan fingerprint density at radius 1 is 1.15 bits per heavy atom. The Morgan fingerprint density at radius 3 is 2.60 bits per heavy atom. The van der Waals surface area contributed by atoms with E-state index in [-0.39, 0.29) is 5.56 Å². The van der Waals surface area contributed by atoms with Crippen molar-refractivity contribution in [2.75, 3.05) is 39.3 Å². The quantitative estimate of drug-likeness (QED) is 0.789. The van der Waals surface area contributed by atoms with Crippen LogP contribution < -0.4 is 5.56 Å². The number of hydrogen-bond donors (Lipinski definition) is 0. The van der Waals surface area contributed by atoms with Crippen molar-refractivity contribution in [3.8, 4) is 0 Å². The van der Waals surface area contributed by atoms with Gasteiger partial charge in [-0.25, -0.2) is 4.68 Å². The lowest BCUT2D eigenvalue weighted by molar-refractivity contribution is 0.0745. The molecule has 0 aromatic carbocycles. The molecule has 2 aliphatic rings. The molecule has 20 heavy (non-hydrogen) atoms. The van der Waals surface area contributed by atoms with E-state index in [1.54, 1.807) is 16.8 Å². The maximum absolute atomic E-state index is 11.7. The Bertz CT molecular complexity index is 501. The molecule has 0 aliphatic carbocycles. The highest BCUT2D eigenvalue weighted by molar-refractivity contribution is 4.97. The zero-order valence-corrected chi connectivity index (χ0v) is 12.3. The third-order valence-electron chi connectivity index (χ3n) is 4.40. The molecule has 0 atom stereocenters. The van der Waals surface area contributed by atoms with E-state index in [2.05, 4.69) is 14.9 Å². The second-order valence-electron chi connectivity index (χ2n) is 6.17. The van der Waals surface area contributed by atoms with E-state index >= 15 is 0 Å². The molecule has 1 aromatic rings. The standard InChI is InChI=1S/C15H24N4O/c1-13-4-5-15(20)19(16-13)12-14-10-18(11-14)9-8-17-6-2-3-7-17/h4-5,14H,2-3,6-12H2,1H3. The molecule has 0 radical (unpaired) electrons. The minimum Gasteiger partial charge on any atom is -0.302 e. The average Bonchev–Trinajstić information content (AvgIpc) is 2.89. The smallest absolute Gasteiger partial charge is 0.266 e. The van der Waals surface area contributed by atoms with E-state index in [0.29, 0.717) is 5.92 Å². The second-order valence-corrected chi connectivity index (χ2v) is 6.17. The van der Waals surface area contributed by atoms with Gasteiger partial charge in [0.25, 0.3) is 5.56 Å². The van der Waals surface area contributed by atoms with E-state index in [1.807, 2.05) is 6.92 Å². The zero-order chi connectivity index (χ0) is 13.9. The molecule has 0 saturated carbocycles. The number of likely N-dealkylation sites (tertiary alicyclic amines) is 2. The molecular formula is C15H24N4O. The van der Waals surface area contributed by atoms with E-state index < -0.39 is 0 Å². The summed E-state index contributed by atoms with van der Waals surface area (Å²) >= 11 is 0. The Morgan fingerprint density at radius 2 is 1.85 bits per heavy atom. The van der Waals surface area contributed by atoms with E-state index in [1.165, 1.54) is 39.0 Å². The van der Waals surface area contributed by atoms with Gasteiger partial charge < -0.3 is 9.80 Å². The van der Waals surface area contributed by atoms with Crippen molar-refractivity contribution >= 4 is 0 Å². The minimum atomic E-state index is 0.0196. The SMILES string of the molecule is Cc1ccc(=O)n(CC2CN(CCN3CCCC3)C2)n1. The molecule has 1 aromatic heterocycles. The predicted molar refractivity (Wildman–Crippen MR) is 78.8 cm³/mol. The molecule has 5 heteroatoms. The Labute approximate surface area is 120 Å². The lowest BCUT2D eigenvalue weighted by Gasteiger charge is -2.40. The van der Waals surface area contributed by atoms with Crippen LogP contribution in [0.5, 0.6) is 0 Å². The Kier molecular flexibility index (Phi) is 4.17. The average molecular weight is 276 g/mol. The summed E-state index contributed by atoms with van der Waals surface area (Å²) in [5.41, 5.74) is 0.931. The van der Waals surface area contributed by atoms with Gasteiger partial charge in [-0.15, -0.1) is 0 Å². The zero-order valence-electron chi connectivity index (χ0n) is 12.3. The van der Waals surface area contributed by atoms with Gasteiger partial charge in [0.1, 0.15) is 0 Å². The third-order valence-corrected chi connectivity index (χ3v) is 4.40. The molecule has 2 saturated heterocycles. The highest BCUT2D eigenvalue weighted by Gasteiger charge is 2.27. The van der Waals surface area contributed by atoms with Crippen LogP contribution in [0.25, 0.3) is 0 Å². The van der Waals surface area contributed by atoms with Crippen LogP contribution in [0.2, 0.25) is 0 Å². The molecule has 2 fully saturated rings. The number of aryl methyl sites for hydroxylation is 1. The molecule has 0 N–H and O–H groups in total. The summed E-state index contributed by atoms with van der Waals surface area (Å²) in [6.07, 6.45) is 2.73. The van der Waals surface area contributed by atoms with Gasteiger partial charge in [0, 0.05) is 38.2 Å². The molecule has 5 nitrogen and oxygen atoms in total. The van der Waals surface area contributed by atoms with Crippen molar-refractivity contribution in [3.05, 3.63) is 28.2 Å². The Balaban J connectivity index is 1.41. The van der Waals surface area contributed by atoms with E-state index in [0.717, 1.165) is 25.3 Å². The lowest BCUT2D eigenvalue weighted by atomic mass is 10.0. The Hall–Kier alpha value is -1.20. The second kappa shape index (κ2) is 6.06. The van der Waals surface area contributed by atoms with Gasteiger partial charge in [-0.3, -0.25) is 4.79 Å². The van der Waals surface area contributed by atoms with E-state index in [9.17, 15) is 4.79 Å². The van der Waals surface area contributed by atoms with Crippen molar-refractivity contribution in [2.45, 2.75) is 26.3 Å². The molecule has 110 valence electrons. The summed E-state index contributed by atoms with van der Waals surface area (Å²) < 4.78 is 1.62. The molecular weight excluding hydrogens is 252 g/mol. The van der Waals surface area contributed by atoms with Gasteiger partial charge in [-0.2, -0.15) is 5.10 Å². The van der Waals surface area contributed by atoms with Crippen molar-refractivity contribution in [1.82, 2.24) is 19.6 Å². The summed E-state index contributed by atoms with van der Waals surface area (Å²) in [7, 11) is 0. The fourth-order valence-electron chi connectivity index (χ4n) is 3.19. The first kappa shape index (κ1) is 13.8. The highest BCUT2D eigenvalue weighted by Crippen LogP contribution is 2.17. The molecule has 0 amide bonds. The largest absolute Gasteiger partial charge is 0.302 e. The summed E-state index contributed by atoms with van der Waals surface area (Å²) in [6, 6.07) is 3.40. The maximum atomic E-state index is 11.7. The van der Waals surface area contributed by atoms with Crippen LogP contribution in [0.1, 0.15) is 18.5 Å². The molecule has 0 spiro atoms. The molecule has 2 aliphatic heterocycles. The number of nitrogens with zero attached hydrogens (tertiary/aromatic N) is 4. The summed E-state index contributed by atoms with van der Waals surface area (Å²) in [5, 5.41) is 4.31. The first-order valence-electron chi connectivity index (χ1n) is 7.70. The van der Waals surface area contributed by atoms with Gasteiger partial charge in [-0.05, 0) is 38.9 Å². The number of hydrogen-bond acceptors (Lipinski definition) is 4. The van der Waals surface area contributed by atoms with Crippen LogP contribution in [0.4, 0.5) is 0 Å². The number of aromatic nitrogens is 2. The molecule has 3 rings (SSSR count). The fraction of sp³-hybridized carbons (Fsp3) is 0.733. The van der Waals surface area contributed by atoms with Gasteiger partial charge >= 0.3 is 0 Å². The first-order valence-corrected chi connectivity index (χ1v) is 7.70. The van der Waals surface area contributed by atoms with E-state index in [4.69, 9.17) is 0 Å². The number of rotatable bonds is 5. The lowest BCUT2D eigenvalue weighted by Crippen LogP contribution is -2.51.